The van der Waals surface area contributed by atoms with Crippen molar-refractivity contribution in [2.24, 2.45) is 7.05 Å². The Morgan fingerprint density at radius 1 is 0.903 bits per heavy atom. The van der Waals surface area contributed by atoms with E-state index in [1.807, 2.05) is 23.9 Å². The minimum absolute atomic E-state index is 0.844. The monoisotopic (exact) mass is 425 g/mol. The lowest BCUT2D eigenvalue weighted by Crippen LogP contribution is -2.35. The summed E-state index contributed by atoms with van der Waals surface area (Å²) >= 11 is 1.86. The van der Waals surface area contributed by atoms with Gasteiger partial charge in [0.1, 0.15) is 12.8 Å². The molecule has 4 heteroatoms. The van der Waals surface area contributed by atoms with E-state index in [2.05, 4.69) is 96.4 Å². The lowest BCUT2D eigenvalue weighted by atomic mass is 10.0. The van der Waals surface area contributed by atoms with Crippen molar-refractivity contribution in [3.05, 3.63) is 101 Å². The van der Waals surface area contributed by atoms with Gasteiger partial charge >= 0.3 is 0 Å². The Kier molecular flexibility index (Phi) is 5.16. The van der Waals surface area contributed by atoms with Gasteiger partial charge in [-0.05, 0) is 42.0 Å². The first-order valence-corrected chi connectivity index (χ1v) is 11.2. The molecule has 0 aliphatic carbocycles. The molecule has 0 unspecified atom stereocenters. The number of pyridine rings is 1. The number of ether oxygens (including phenoxy) is 1. The zero-order chi connectivity index (χ0) is 21.4. The maximum absolute atomic E-state index is 5.36. The fraction of sp³-hybridized carbons (Fsp3) is 0.148. The molecule has 3 aromatic carbocycles. The molecule has 1 aliphatic rings. The van der Waals surface area contributed by atoms with Gasteiger partial charge in [0.05, 0.1) is 23.4 Å². The highest BCUT2D eigenvalue weighted by atomic mass is 32.2. The third-order valence-electron chi connectivity index (χ3n) is 5.93. The van der Waals surface area contributed by atoms with E-state index in [-0.39, 0.29) is 0 Å². The molecule has 0 radical (unpaired) electrons. The van der Waals surface area contributed by atoms with Crippen molar-refractivity contribution in [1.29, 1.82) is 0 Å². The van der Waals surface area contributed by atoms with E-state index in [0.29, 0.717) is 0 Å². The van der Waals surface area contributed by atoms with E-state index in [0.717, 1.165) is 12.2 Å². The molecular weight excluding hydrogens is 400 g/mol. The number of fused-ring (bicyclic) bond motifs is 2. The summed E-state index contributed by atoms with van der Waals surface area (Å²) in [6, 6.07) is 30.1. The Hall–Kier alpha value is -3.24. The Bertz CT molecular complexity index is 1290. The number of methoxy groups -OCH3 is 1. The molecule has 4 aromatic rings. The van der Waals surface area contributed by atoms with Gasteiger partial charge in [-0.3, -0.25) is 0 Å². The number of hydrogen-bond acceptors (Lipinski definition) is 3. The van der Waals surface area contributed by atoms with Crippen LogP contribution in [0, 0.1) is 0 Å². The third-order valence-corrected chi connectivity index (χ3v) is 7.20. The molecule has 0 amide bonds. The second-order valence-electron chi connectivity index (χ2n) is 7.77. The van der Waals surface area contributed by atoms with E-state index in [1.54, 1.807) is 7.11 Å². The minimum Gasteiger partial charge on any atom is -0.497 e. The Morgan fingerprint density at radius 2 is 1.65 bits per heavy atom. The van der Waals surface area contributed by atoms with Gasteiger partial charge in [-0.1, -0.05) is 48.2 Å². The number of thioether (sulfide) groups is 1. The molecule has 5 rings (SSSR count). The Morgan fingerprint density at radius 3 is 2.42 bits per heavy atom. The molecular formula is C27H25N2OS+. The average molecular weight is 426 g/mol. The summed E-state index contributed by atoms with van der Waals surface area (Å²) in [5, 5.41) is 2.53. The topological polar surface area (TPSA) is 16.4 Å². The van der Waals surface area contributed by atoms with Crippen LogP contribution in [0.1, 0.15) is 11.3 Å². The van der Waals surface area contributed by atoms with Gasteiger partial charge in [0.15, 0.2) is 0 Å². The predicted octanol–water partition coefficient (Wildman–Crippen LogP) is 5.83. The molecule has 3 nitrogen and oxygen atoms in total. The molecule has 0 N–H and O–H groups in total. The summed E-state index contributed by atoms with van der Waals surface area (Å²) in [6.45, 7) is 0. The molecule has 0 fully saturated rings. The summed E-state index contributed by atoms with van der Waals surface area (Å²) < 4.78 is 7.67. The normalized spacial score (nSPS) is 14.6. The largest absolute Gasteiger partial charge is 0.497 e. The number of anilines is 1. The quantitative estimate of drug-likeness (QED) is 0.383. The minimum atomic E-state index is 0.844. The molecule has 2 heterocycles. The van der Waals surface area contributed by atoms with Crippen LogP contribution in [0.3, 0.4) is 0 Å². The zero-order valence-electron chi connectivity index (χ0n) is 18.0. The number of rotatable bonds is 4. The van der Waals surface area contributed by atoms with Crippen molar-refractivity contribution >= 4 is 33.9 Å². The smallest absolute Gasteiger partial charge is 0.212 e. The third kappa shape index (κ3) is 3.57. The molecule has 0 saturated heterocycles. The molecule has 1 aliphatic heterocycles. The predicted molar refractivity (Wildman–Crippen MR) is 129 cm³/mol. The molecule has 0 spiro atoms. The number of para-hydroxylation sites is 2. The van der Waals surface area contributed by atoms with Crippen LogP contribution in [0.2, 0.25) is 0 Å². The van der Waals surface area contributed by atoms with E-state index in [4.69, 9.17) is 4.74 Å². The van der Waals surface area contributed by atoms with E-state index in [1.165, 1.54) is 43.3 Å². The first-order chi connectivity index (χ1) is 15.2. The maximum Gasteiger partial charge on any atom is 0.212 e. The molecule has 31 heavy (non-hydrogen) atoms. The van der Waals surface area contributed by atoms with E-state index >= 15 is 0 Å². The molecule has 0 bridgehead atoms. The summed E-state index contributed by atoms with van der Waals surface area (Å²) in [6.07, 6.45) is 0.844. The Labute approximate surface area is 187 Å². The molecule has 1 aromatic heterocycles. The number of benzene rings is 3. The molecule has 154 valence electrons. The van der Waals surface area contributed by atoms with Crippen LogP contribution in [-0.2, 0) is 13.5 Å². The molecule has 0 atom stereocenters. The number of allylic oxidation sites excluding steroid dienone is 1. The van der Waals surface area contributed by atoms with Crippen molar-refractivity contribution < 1.29 is 9.30 Å². The zero-order valence-corrected chi connectivity index (χ0v) is 18.8. The van der Waals surface area contributed by atoms with Gasteiger partial charge in [-0.15, -0.1) is 0 Å². The first-order valence-electron chi connectivity index (χ1n) is 10.4. The summed E-state index contributed by atoms with van der Waals surface area (Å²) in [5.41, 5.74) is 6.31. The van der Waals surface area contributed by atoms with Crippen molar-refractivity contribution in [1.82, 2.24) is 0 Å². The van der Waals surface area contributed by atoms with Crippen molar-refractivity contribution in [2.45, 2.75) is 11.3 Å². The van der Waals surface area contributed by atoms with E-state index < -0.39 is 0 Å². The average Bonchev–Trinajstić information content (AvgIpc) is 3.15. The van der Waals surface area contributed by atoms with Gasteiger partial charge in [0.25, 0.3) is 0 Å². The SMILES string of the molecule is COc1ccc(C/C(=C2\Sc3ccccc3N2C)c2ccc3ccccc3[n+]2C)cc1. The van der Waals surface area contributed by atoms with E-state index in [9.17, 15) is 0 Å². The summed E-state index contributed by atoms with van der Waals surface area (Å²) in [7, 11) is 6.04. The lowest BCUT2D eigenvalue weighted by Gasteiger charge is -2.18. The Balaban J connectivity index is 1.68. The van der Waals surface area contributed by atoms with Gasteiger partial charge in [0, 0.05) is 35.9 Å². The van der Waals surface area contributed by atoms with Gasteiger partial charge in [-0.2, -0.15) is 4.57 Å². The van der Waals surface area contributed by atoms with Crippen LogP contribution in [0.25, 0.3) is 16.5 Å². The van der Waals surface area contributed by atoms with Crippen LogP contribution in [0.15, 0.2) is 94.9 Å². The van der Waals surface area contributed by atoms with Crippen molar-refractivity contribution in [3.8, 4) is 5.75 Å². The number of nitrogens with zero attached hydrogens (tertiary/aromatic N) is 2. The first kappa shape index (κ1) is 19.7. The summed E-state index contributed by atoms with van der Waals surface area (Å²) in [5.74, 6) is 0.883. The fourth-order valence-electron chi connectivity index (χ4n) is 4.24. The summed E-state index contributed by atoms with van der Waals surface area (Å²) in [4.78, 5) is 3.63. The van der Waals surface area contributed by atoms with Crippen LogP contribution < -0.4 is 14.2 Å². The van der Waals surface area contributed by atoms with Crippen LogP contribution in [-0.4, -0.2) is 14.2 Å². The van der Waals surface area contributed by atoms with Gasteiger partial charge in [0.2, 0.25) is 11.2 Å². The number of aryl methyl sites for hydroxylation is 1. The van der Waals surface area contributed by atoms with Crippen molar-refractivity contribution in [2.75, 3.05) is 19.1 Å². The fourth-order valence-corrected chi connectivity index (χ4v) is 5.44. The second kappa shape index (κ2) is 8.12. The highest BCUT2D eigenvalue weighted by Crippen LogP contribution is 2.48. The highest BCUT2D eigenvalue weighted by Gasteiger charge is 2.29. The van der Waals surface area contributed by atoms with Crippen LogP contribution in [0.4, 0.5) is 5.69 Å². The number of hydrogen-bond donors (Lipinski definition) is 0. The van der Waals surface area contributed by atoms with Gasteiger partial charge < -0.3 is 9.64 Å². The standard InChI is InChI=1S/C27H25N2OS/c1-28-23-9-5-4-8-20(23)14-17-24(28)22(18-19-12-15-21(30-3)16-13-19)27-29(2)25-10-6-7-11-26(25)31-27/h4-17H,18H2,1-3H3/q+1. The lowest BCUT2D eigenvalue weighted by molar-refractivity contribution is -0.647. The van der Waals surface area contributed by atoms with Crippen molar-refractivity contribution in [3.63, 3.8) is 0 Å². The van der Waals surface area contributed by atoms with Crippen LogP contribution in [0.5, 0.6) is 5.75 Å². The maximum atomic E-state index is 5.36. The highest BCUT2D eigenvalue weighted by molar-refractivity contribution is 8.04. The van der Waals surface area contributed by atoms with Crippen LogP contribution >= 0.6 is 11.8 Å². The number of aromatic nitrogens is 1. The molecule has 0 saturated carbocycles. The van der Waals surface area contributed by atoms with Gasteiger partial charge in [-0.25, -0.2) is 0 Å². The second-order valence-corrected chi connectivity index (χ2v) is 8.80.